The monoisotopic (exact) mass is 372 g/mol. The van der Waals surface area contributed by atoms with E-state index in [2.05, 4.69) is 44.1 Å². The third kappa shape index (κ3) is 3.55. The van der Waals surface area contributed by atoms with Crippen LogP contribution in [0.2, 0.25) is 0 Å². The van der Waals surface area contributed by atoms with Gasteiger partial charge in [0.25, 0.3) is 0 Å². The van der Waals surface area contributed by atoms with Crippen molar-refractivity contribution in [3.63, 3.8) is 0 Å². The molecule has 0 spiro atoms. The molecule has 3 aromatic heterocycles. The van der Waals surface area contributed by atoms with Crippen molar-refractivity contribution < 1.29 is 0 Å². The number of benzene rings is 1. The molecule has 0 radical (unpaired) electrons. The van der Waals surface area contributed by atoms with E-state index in [9.17, 15) is 0 Å². The summed E-state index contributed by atoms with van der Waals surface area (Å²) in [7, 11) is 0. The normalized spacial score (nSPS) is 17.9. The molecule has 1 unspecified atom stereocenters. The highest BCUT2D eigenvalue weighted by atomic mass is 15.2. The number of rotatable bonds is 5. The van der Waals surface area contributed by atoms with Gasteiger partial charge >= 0.3 is 0 Å². The Morgan fingerprint density at radius 1 is 1.11 bits per heavy atom. The van der Waals surface area contributed by atoms with Gasteiger partial charge in [-0.2, -0.15) is 5.10 Å². The summed E-state index contributed by atoms with van der Waals surface area (Å²) in [6.45, 7) is 4.23. The summed E-state index contributed by atoms with van der Waals surface area (Å²) < 4.78 is 4.10. The fourth-order valence-corrected chi connectivity index (χ4v) is 4.21. The van der Waals surface area contributed by atoms with Crippen LogP contribution in [-0.4, -0.2) is 42.1 Å². The minimum Gasteiger partial charge on any atom is -0.337 e. The van der Waals surface area contributed by atoms with Gasteiger partial charge < -0.3 is 4.57 Å². The molecular formula is C22H24N6. The third-order valence-electron chi connectivity index (χ3n) is 5.53. The van der Waals surface area contributed by atoms with Crippen LogP contribution in [0.15, 0.2) is 67.6 Å². The van der Waals surface area contributed by atoms with E-state index in [0.29, 0.717) is 5.92 Å². The molecule has 0 aliphatic carbocycles. The van der Waals surface area contributed by atoms with Crippen LogP contribution in [0.25, 0.3) is 16.8 Å². The molecule has 142 valence electrons. The maximum absolute atomic E-state index is 4.72. The number of hydrogen-bond donors (Lipinski definition) is 0. The summed E-state index contributed by atoms with van der Waals surface area (Å²) in [5.41, 5.74) is 4.34. The quantitative estimate of drug-likeness (QED) is 0.538. The molecule has 28 heavy (non-hydrogen) atoms. The van der Waals surface area contributed by atoms with E-state index >= 15 is 0 Å². The van der Waals surface area contributed by atoms with Gasteiger partial charge in [-0.1, -0.05) is 30.3 Å². The molecule has 4 heterocycles. The Kier molecular flexibility index (Phi) is 4.62. The smallest absolute Gasteiger partial charge is 0.162 e. The topological polar surface area (TPSA) is 51.2 Å². The summed E-state index contributed by atoms with van der Waals surface area (Å²) in [6, 6.07) is 10.3. The summed E-state index contributed by atoms with van der Waals surface area (Å²) in [4.78, 5) is 11.4. The highest BCUT2D eigenvalue weighted by molar-refractivity contribution is 5.76. The van der Waals surface area contributed by atoms with Gasteiger partial charge in [0.1, 0.15) is 0 Å². The largest absolute Gasteiger partial charge is 0.337 e. The van der Waals surface area contributed by atoms with Crippen molar-refractivity contribution in [3.8, 4) is 11.1 Å². The van der Waals surface area contributed by atoms with Crippen LogP contribution in [0.5, 0.6) is 0 Å². The van der Waals surface area contributed by atoms with E-state index in [-0.39, 0.29) is 0 Å². The molecule has 5 rings (SSSR count). The molecule has 0 amide bonds. The van der Waals surface area contributed by atoms with Gasteiger partial charge in [-0.3, -0.25) is 4.90 Å². The predicted octanol–water partition coefficient (Wildman–Crippen LogP) is 3.51. The highest BCUT2D eigenvalue weighted by Gasteiger charge is 2.20. The van der Waals surface area contributed by atoms with Crippen LogP contribution in [0.1, 0.15) is 18.4 Å². The number of nitrogens with zero attached hydrogens (tertiary/aromatic N) is 6. The summed E-state index contributed by atoms with van der Waals surface area (Å²) in [5, 5.41) is 4.54. The number of fused-ring (bicyclic) bond motifs is 1. The van der Waals surface area contributed by atoms with Gasteiger partial charge in [0.2, 0.25) is 0 Å². The van der Waals surface area contributed by atoms with Crippen LogP contribution in [-0.2, 0) is 13.1 Å². The summed E-state index contributed by atoms with van der Waals surface area (Å²) in [6.07, 6.45) is 14.4. The zero-order valence-corrected chi connectivity index (χ0v) is 15.9. The molecule has 6 nitrogen and oxygen atoms in total. The van der Waals surface area contributed by atoms with Crippen molar-refractivity contribution in [2.45, 2.75) is 25.9 Å². The van der Waals surface area contributed by atoms with Crippen LogP contribution in [0, 0.1) is 5.92 Å². The summed E-state index contributed by atoms with van der Waals surface area (Å²) in [5.74, 6) is 0.675. The van der Waals surface area contributed by atoms with Crippen molar-refractivity contribution in [2.75, 3.05) is 13.1 Å². The van der Waals surface area contributed by atoms with Gasteiger partial charge in [0.05, 0.1) is 12.5 Å². The number of likely N-dealkylation sites (tertiary alicyclic amines) is 1. The van der Waals surface area contributed by atoms with Crippen LogP contribution in [0.4, 0.5) is 0 Å². The van der Waals surface area contributed by atoms with Crippen molar-refractivity contribution in [2.24, 2.45) is 5.92 Å². The van der Waals surface area contributed by atoms with E-state index in [0.717, 1.165) is 43.0 Å². The maximum atomic E-state index is 4.72. The standard InChI is InChI=1S/C22H24N6/c1-2-6-20(7-3-1)21-12-25-28-16-19(11-24-22(21)28)15-26-9-4-5-18(13-26)14-27-10-8-23-17-27/h1-3,6-8,10-12,16-18H,4-5,9,13-15H2. The first-order valence-corrected chi connectivity index (χ1v) is 9.91. The minimum absolute atomic E-state index is 0.675. The highest BCUT2D eigenvalue weighted by Crippen LogP contribution is 2.24. The van der Waals surface area contributed by atoms with Gasteiger partial charge in [0, 0.05) is 55.5 Å². The fraction of sp³-hybridized carbons (Fsp3) is 0.318. The average molecular weight is 372 g/mol. The Labute approximate surface area is 164 Å². The predicted molar refractivity (Wildman–Crippen MR) is 109 cm³/mol. The minimum atomic E-state index is 0.675. The van der Waals surface area contributed by atoms with Crippen molar-refractivity contribution in [1.82, 2.24) is 29.0 Å². The molecule has 1 atom stereocenters. The van der Waals surface area contributed by atoms with Gasteiger partial charge in [0.15, 0.2) is 5.65 Å². The van der Waals surface area contributed by atoms with Crippen molar-refractivity contribution >= 4 is 5.65 Å². The van der Waals surface area contributed by atoms with E-state index in [4.69, 9.17) is 4.98 Å². The second-order valence-corrected chi connectivity index (χ2v) is 7.66. The van der Waals surface area contributed by atoms with Crippen LogP contribution < -0.4 is 0 Å². The average Bonchev–Trinajstić information content (AvgIpc) is 3.38. The van der Waals surface area contributed by atoms with E-state index in [1.807, 2.05) is 47.6 Å². The number of piperidine rings is 1. The molecule has 1 aliphatic heterocycles. The Balaban J connectivity index is 1.30. The Bertz CT molecular complexity index is 1040. The van der Waals surface area contributed by atoms with Crippen molar-refractivity contribution in [3.05, 3.63) is 73.2 Å². The van der Waals surface area contributed by atoms with Crippen LogP contribution >= 0.6 is 0 Å². The van der Waals surface area contributed by atoms with Gasteiger partial charge in [-0.25, -0.2) is 14.5 Å². The van der Waals surface area contributed by atoms with E-state index in [1.54, 1.807) is 0 Å². The lowest BCUT2D eigenvalue weighted by molar-refractivity contribution is 0.155. The van der Waals surface area contributed by atoms with Gasteiger partial charge in [-0.15, -0.1) is 0 Å². The number of aromatic nitrogens is 5. The molecule has 1 saturated heterocycles. The molecule has 1 aromatic carbocycles. The molecule has 0 N–H and O–H groups in total. The third-order valence-corrected chi connectivity index (χ3v) is 5.53. The lowest BCUT2D eigenvalue weighted by atomic mass is 9.97. The molecule has 6 heteroatoms. The Morgan fingerprint density at radius 2 is 2.04 bits per heavy atom. The lowest BCUT2D eigenvalue weighted by Gasteiger charge is -2.32. The van der Waals surface area contributed by atoms with Crippen molar-refractivity contribution in [1.29, 1.82) is 0 Å². The number of imidazole rings is 1. The Morgan fingerprint density at radius 3 is 2.89 bits per heavy atom. The first-order valence-electron chi connectivity index (χ1n) is 9.91. The molecular weight excluding hydrogens is 348 g/mol. The lowest BCUT2D eigenvalue weighted by Crippen LogP contribution is -2.36. The molecule has 0 bridgehead atoms. The fourth-order valence-electron chi connectivity index (χ4n) is 4.21. The molecule has 1 aliphatic rings. The maximum Gasteiger partial charge on any atom is 0.162 e. The van der Waals surface area contributed by atoms with E-state index in [1.165, 1.54) is 18.4 Å². The zero-order valence-electron chi connectivity index (χ0n) is 15.9. The number of hydrogen-bond acceptors (Lipinski definition) is 4. The summed E-state index contributed by atoms with van der Waals surface area (Å²) >= 11 is 0. The first kappa shape index (κ1) is 17.1. The Hall–Kier alpha value is -2.99. The molecule has 1 fully saturated rings. The van der Waals surface area contributed by atoms with Crippen LogP contribution in [0.3, 0.4) is 0 Å². The SMILES string of the molecule is c1ccc(-c2cnn3cc(CN4CCCC(Cn5ccnc5)C4)cnc23)cc1. The van der Waals surface area contributed by atoms with E-state index < -0.39 is 0 Å². The zero-order chi connectivity index (χ0) is 18.8. The van der Waals surface area contributed by atoms with Gasteiger partial charge in [-0.05, 0) is 30.9 Å². The second-order valence-electron chi connectivity index (χ2n) is 7.66. The first-order chi connectivity index (χ1) is 13.8. The molecule has 4 aromatic rings. The molecule has 0 saturated carbocycles. The second kappa shape index (κ2) is 7.56.